The number of benzene rings is 2. The van der Waals surface area contributed by atoms with Crippen LogP contribution in [0.4, 0.5) is 10.1 Å². The molecule has 2 aromatic carbocycles. The molecule has 0 aromatic heterocycles. The van der Waals surface area contributed by atoms with Crippen molar-refractivity contribution < 1.29 is 9.13 Å². The Balaban J connectivity index is 2.19. The Morgan fingerprint density at radius 1 is 1.15 bits per heavy atom. The average Bonchev–Trinajstić information content (AvgIpc) is 2.42. The van der Waals surface area contributed by atoms with Crippen LogP contribution < -0.4 is 15.0 Å². The van der Waals surface area contributed by atoms with Crippen molar-refractivity contribution >= 4 is 5.69 Å². The van der Waals surface area contributed by atoms with E-state index in [4.69, 9.17) is 4.74 Å². The summed E-state index contributed by atoms with van der Waals surface area (Å²) in [6.45, 7) is 0.632. The van der Waals surface area contributed by atoms with E-state index in [2.05, 4.69) is 5.32 Å². The van der Waals surface area contributed by atoms with Crippen LogP contribution in [0.2, 0.25) is 0 Å². The zero-order chi connectivity index (χ0) is 14.5. The highest BCUT2D eigenvalue weighted by Gasteiger charge is 2.07. The molecule has 0 bridgehead atoms. The van der Waals surface area contributed by atoms with E-state index in [1.54, 1.807) is 6.07 Å². The van der Waals surface area contributed by atoms with Crippen LogP contribution in [0, 0.1) is 5.82 Å². The Labute approximate surface area is 119 Å². The monoisotopic (exact) mass is 274 g/mol. The lowest BCUT2D eigenvalue weighted by molar-refractivity contribution is 0.441. The van der Waals surface area contributed by atoms with Gasteiger partial charge in [0.05, 0.1) is 0 Å². The van der Waals surface area contributed by atoms with Gasteiger partial charge in [-0.2, -0.15) is 0 Å². The Morgan fingerprint density at radius 3 is 2.60 bits per heavy atom. The van der Waals surface area contributed by atoms with E-state index >= 15 is 0 Å². The van der Waals surface area contributed by atoms with Crippen LogP contribution in [0.1, 0.15) is 5.56 Å². The normalized spacial score (nSPS) is 10.4. The molecule has 0 saturated heterocycles. The van der Waals surface area contributed by atoms with Crippen molar-refractivity contribution in [2.24, 2.45) is 0 Å². The Bertz CT molecular complexity index is 584. The molecule has 0 amide bonds. The molecule has 4 heteroatoms. The Hall–Kier alpha value is -2.07. The van der Waals surface area contributed by atoms with Crippen LogP contribution >= 0.6 is 0 Å². The molecule has 0 aliphatic carbocycles. The van der Waals surface area contributed by atoms with E-state index in [9.17, 15) is 4.39 Å². The number of nitrogens with one attached hydrogen (secondary N) is 1. The molecule has 20 heavy (non-hydrogen) atoms. The zero-order valence-corrected chi connectivity index (χ0v) is 12.0. The summed E-state index contributed by atoms with van der Waals surface area (Å²) in [5, 5.41) is 2.99. The van der Waals surface area contributed by atoms with Gasteiger partial charge in [0.25, 0.3) is 0 Å². The highest BCUT2D eigenvalue weighted by Crippen LogP contribution is 2.27. The fraction of sp³-hybridized carbons (Fsp3) is 0.250. The summed E-state index contributed by atoms with van der Waals surface area (Å²) in [4.78, 5) is 1.97. The molecule has 2 rings (SSSR count). The van der Waals surface area contributed by atoms with Gasteiger partial charge in [-0.3, -0.25) is 0 Å². The molecule has 3 nitrogen and oxygen atoms in total. The predicted octanol–water partition coefficient (Wildman–Crippen LogP) is 3.40. The molecule has 0 fully saturated rings. The number of halogens is 1. The summed E-state index contributed by atoms with van der Waals surface area (Å²) in [5.74, 6) is 0.505. The van der Waals surface area contributed by atoms with Gasteiger partial charge in [-0.1, -0.05) is 12.1 Å². The predicted molar refractivity (Wildman–Crippen MR) is 80.0 cm³/mol. The minimum absolute atomic E-state index is 0.237. The summed E-state index contributed by atoms with van der Waals surface area (Å²) in [5.41, 5.74) is 1.90. The van der Waals surface area contributed by atoms with Crippen LogP contribution in [0.3, 0.4) is 0 Å². The first-order chi connectivity index (χ1) is 9.60. The summed E-state index contributed by atoms with van der Waals surface area (Å²) >= 11 is 0. The lowest BCUT2D eigenvalue weighted by Crippen LogP contribution is -2.08. The minimum atomic E-state index is -0.354. The molecule has 0 unspecified atom stereocenters. The van der Waals surface area contributed by atoms with E-state index in [0.29, 0.717) is 12.3 Å². The lowest BCUT2D eigenvalue weighted by Gasteiger charge is -2.14. The minimum Gasteiger partial charge on any atom is -0.454 e. The molecule has 0 aliphatic rings. The van der Waals surface area contributed by atoms with Gasteiger partial charge in [0, 0.05) is 32.4 Å². The van der Waals surface area contributed by atoms with Crippen LogP contribution in [0.25, 0.3) is 0 Å². The van der Waals surface area contributed by atoms with Crippen molar-refractivity contribution in [2.75, 3.05) is 26.0 Å². The molecule has 0 aliphatic heterocycles. The Kier molecular flexibility index (Phi) is 4.58. The van der Waals surface area contributed by atoms with Crippen LogP contribution in [-0.4, -0.2) is 21.1 Å². The largest absolute Gasteiger partial charge is 0.454 e. The first-order valence-corrected chi connectivity index (χ1v) is 6.48. The summed E-state index contributed by atoms with van der Waals surface area (Å²) < 4.78 is 19.6. The second kappa shape index (κ2) is 6.39. The molecule has 0 radical (unpaired) electrons. The number of hydrogen-bond donors (Lipinski definition) is 1. The molecule has 1 N–H and O–H groups in total. The highest BCUT2D eigenvalue weighted by molar-refractivity contribution is 5.50. The molecule has 0 heterocycles. The highest BCUT2D eigenvalue weighted by atomic mass is 19.1. The molecule has 2 aromatic rings. The van der Waals surface area contributed by atoms with Gasteiger partial charge < -0.3 is 15.0 Å². The standard InChI is InChI=1S/C16H19FN2O/c1-18-11-12-7-8-16(15(17)9-12)20-14-6-4-5-13(10-14)19(2)3/h4-10,18H,11H2,1-3H3. The number of ether oxygens (including phenoxy) is 1. The fourth-order valence-electron chi connectivity index (χ4n) is 1.89. The third kappa shape index (κ3) is 3.48. The van der Waals surface area contributed by atoms with Gasteiger partial charge in [0.15, 0.2) is 11.6 Å². The first-order valence-electron chi connectivity index (χ1n) is 6.48. The van der Waals surface area contributed by atoms with Crippen molar-refractivity contribution in [2.45, 2.75) is 6.54 Å². The zero-order valence-electron chi connectivity index (χ0n) is 12.0. The van der Waals surface area contributed by atoms with Crippen molar-refractivity contribution in [3.8, 4) is 11.5 Å². The van der Waals surface area contributed by atoms with E-state index in [0.717, 1.165) is 11.3 Å². The van der Waals surface area contributed by atoms with Crippen molar-refractivity contribution in [1.82, 2.24) is 5.32 Å². The van der Waals surface area contributed by atoms with Gasteiger partial charge in [0.2, 0.25) is 0 Å². The molecule has 0 saturated carbocycles. The van der Waals surface area contributed by atoms with Crippen LogP contribution in [-0.2, 0) is 6.54 Å². The lowest BCUT2D eigenvalue weighted by atomic mass is 10.2. The van der Waals surface area contributed by atoms with Crippen molar-refractivity contribution in [3.05, 3.63) is 53.8 Å². The third-order valence-electron chi connectivity index (χ3n) is 2.94. The van der Waals surface area contributed by atoms with E-state index < -0.39 is 0 Å². The maximum Gasteiger partial charge on any atom is 0.166 e. The van der Waals surface area contributed by atoms with Crippen molar-refractivity contribution in [1.29, 1.82) is 0 Å². The quantitative estimate of drug-likeness (QED) is 0.904. The van der Waals surface area contributed by atoms with Crippen LogP contribution in [0.15, 0.2) is 42.5 Å². The molecular weight excluding hydrogens is 255 g/mol. The number of rotatable bonds is 5. The van der Waals surface area contributed by atoms with E-state index in [1.165, 1.54) is 6.07 Å². The van der Waals surface area contributed by atoms with Gasteiger partial charge in [-0.25, -0.2) is 4.39 Å². The van der Waals surface area contributed by atoms with Gasteiger partial charge >= 0.3 is 0 Å². The SMILES string of the molecule is CNCc1ccc(Oc2cccc(N(C)C)c2)c(F)c1. The van der Waals surface area contributed by atoms with Gasteiger partial charge in [0.1, 0.15) is 5.75 Å². The van der Waals surface area contributed by atoms with Gasteiger partial charge in [-0.05, 0) is 36.9 Å². The summed E-state index contributed by atoms with van der Waals surface area (Å²) in [7, 11) is 5.73. The first kappa shape index (κ1) is 14.3. The van der Waals surface area contributed by atoms with E-state index in [1.807, 2.05) is 56.4 Å². The molecular formula is C16H19FN2O. The maximum atomic E-state index is 14.0. The number of anilines is 1. The fourth-order valence-corrected chi connectivity index (χ4v) is 1.89. The summed E-state index contributed by atoms with van der Waals surface area (Å²) in [6, 6.07) is 12.5. The second-order valence-corrected chi connectivity index (χ2v) is 4.79. The smallest absolute Gasteiger partial charge is 0.166 e. The van der Waals surface area contributed by atoms with Gasteiger partial charge in [-0.15, -0.1) is 0 Å². The Morgan fingerprint density at radius 2 is 1.95 bits per heavy atom. The number of hydrogen-bond acceptors (Lipinski definition) is 3. The maximum absolute atomic E-state index is 14.0. The topological polar surface area (TPSA) is 24.5 Å². The third-order valence-corrected chi connectivity index (χ3v) is 2.94. The van der Waals surface area contributed by atoms with Crippen LogP contribution in [0.5, 0.6) is 11.5 Å². The second-order valence-electron chi connectivity index (χ2n) is 4.79. The summed E-state index contributed by atoms with van der Waals surface area (Å²) in [6.07, 6.45) is 0. The molecule has 0 spiro atoms. The van der Waals surface area contributed by atoms with E-state index in [-0.39, 0.29) is 11.6 Å². The molecule has 0 atom stereocenters. The van der Waals surface area contributed by atoms with Crippen molar-refractivity contribution in [3.63, 3.8) is 0 Å². The average molecular weight is 274 g/mol. The molecule has 106 valence electrons. The number of nitrogens with zero attached hydrogens (tertiary/aromatic N) is 1.